The molecule has 0 atom stereocenters. The van der Waals surface area contributed by atoms with Crippen LogP contribution in [0.1, 0.15) is 21.5 Å². The van der Waals surface area contributed by atoms with E-state index in [1.54, 1.807) is 12.1 Å². The predicted molar refractivity (Wildman–Crippen MR) is 120 cm³/mol. The van der Waals surface area contributed by atoms with Crippen molar-refractivity contribution in [2.45, 2.75) is 13.5 Å². The standard InChI is InChI=1S/C25H23F2N3O3/c1-17-5-11-22(12-6-17)29-23(31)14-28-24(32)16-30(15-18-7-9-20(26)10-8-18)25(33)19-3-2-4-21(27)13-19/h2-13H,14-16H2,1H3,(H,28,32)(H,29,31). The van der Waals surface area contributed by atoms with E-state index in [0.29, 0.717) is 11.3 Å². The molecule has 3 rings (SSSR count). The largest absolute Gasteiger partial charge is 0.345 e. The van der Waals surface area contributed by atoms with Crippen LogP contribution in [0.4, 0.5) is 14.5 Å². The maximum absolute atomic E-state index is 13.6. The lowest BCUT2D eigenvalue weighted by atomic mass is 10.1. The number of hydrogen-bond acceptors (Lipinski definition) is 3. The number of nitrogens with zero attached hydrogens (tertiary/aromatic N) is 1. The van der Waals surface area contributed by atoms with Gasteiger partial charge in [-0.3, -0.25) is 14.4 Å². The molecule has 8 heteroatoms. The van der Waals surface area contributed by atoms with E-state index in [2.05, 4.69) is 10.6 Å². The van der Waals surface area contributed by atoms with Crippen LogP contribution in [0.5, 0.6) is 0 Å². The molecular formula is C25H23F2N3O3. The summed E-state index contributed by atoms with van der Waals surface area (Å²) in [6.07, 6.45) is 0. The van der Waals surface area contributed by atoms with Crippen LogP contribution in [0.25, 0.3) is 0 Å². The van der Waals surface area contributed by atoms with E-state index >= 15 is 0 Å². The second-order valence-corrected chi connectivity index (χ2v) is 7.49. The van der Waals surface area contributed by atoms with Crippen molar-refractivity contribution in [3.8, 4) is 0 Å². The third kappa shape index (κ3) is 7.24. The second kappa shape index (κ2) is 11.0. The van der Waals surface area contributed by atoms with Gasteiger partial charge in [0.2, 0.25) is 11.8 Å². The molecule has 3 amide bonds. The van der Waals surface area contributed by atoms with Gasteiger partial charge in [-0.25, -0.2) is 8.78 Å². The number of carbonyl (C=O) groups is 3. The molecule has 2 N–H and O–H groups in total. The molecule has 0 aliphatic rings. The summed E-state index contributed by atoms with van der Waals surface area (Å²) >= 11 is 0. The van der Waals surface area contributed by atoms with Crippen LogP contribution in [0, 0.1) is 18.6 Å². The minimum Gasteiger partial charge on any atom is -0.345 e. The molecule has 0 fully saturated rings. The maximum atomic E-state index is 13.6. The van der Waals surface area contributed by atoms with Gasteiger partial charge in [0.25, 0.3) is 5.91 Å². The van der Waals surface area contributed by atoms with Crippen molar-refractivity contribution in [3.05, 3.63) is 101 Å². The lowest BCUT2D eigenvalue weighted by molar-refractivity contribution is -0.124. The zero-order valence-electron chi connectivity index (χ0n) is 18.0. The molecule has 0 radical (unpaired) electrons. The summed E-state index contributed by atoms with van der Waals surface area (Å²) in [6, 6.07) is 17.8. The second-order valence-electron chi connectivity index (χ2n) is 7.49. The van der Waals surface area contributed by atoms with Crippen molar-refractivity contribution >= 4 is 23.4 Å². The normalized spacial score (nSPS) is 10.4. The SMILES string of the molecule is Cc1ccc(NC(=O)CNC(=O)CN(Cc2ccc(F)cc2)C(=O)c2cccc(F)c2)cc1. The van der Waals surface area contributed by atoms with Gasteiger partial charge in [-0.2, -0.15) is 0 Å². The number of benzene rings is 3. The van der Waals surface area contributed by atoms with Gasteiger partial charge in [-0.15, -0.1) is 0 Å². The van der Waals surface area contributed by atoms with Crippen molar-refractivity contribution in [3.63, 3.8) is 0 Å². The highest BCUT2D eigenvalue weighted by atomic mass is 19.1. The molecule has 0 bridgehead atoms. The third-order valence-corrected chi connectivity index (χ3v) is 4.76. The fraction of sp³-hybridized carbons (Fsp3) is 0.160. The summed E-state index contributed by atoms with van der Waals surface area (Å²) in [4.78, 5) is 38.7. The van der Waals surface area contributed by atoms with Gasteiger partial charge in [-0.1, -0.05) is 35.9 Å². The molecule has 6 nitrogen and oxygen atoms in total. The highest BCUT2D eigenvalue weighted by Crippen LogP contribution is 2.12. The number of anilines is 1. The molecule has 0 unspecified atom stereocenters. The Morgan fingerprint density at radius 1 is 0.848 bits per heavy atom. The van der Waals surface area contributed by atoms with Gasteiger partial charge in [0.15, 0.2) is 0 Å². The smallest absolute Gasteiger partial charge is 0.254 e. The number of aryl methyl sites for hydroxylation is 1. The van der Waals surface area contributed by atoms with Gasteiger partial charge >= 0.3 is 0 Å². The van der Waals surface area contributed by atoms with Crippen LogP contribution in [0.15, 0.2) is 72.8 Å². The van der Waals surface area contributed by atoms with E-state index in [1.807, 2.05) is 19.1 Å². The lowest BCUT2D eigenvalue weighted by Gasteiger charge is -2.22. The number of hydrogen-bond donors (Lipinski definition) is 2. The van der Waals surface area contributed by atoms with E-state index in [1.165, 1.54) is 47.4 Å². The summed E-state index contributed by atoms with van der Waals surface area (Å²) in [6.45, 7) is 1.27. The van der Waals surface area contributed by atoms with E-state index in [4.69, 9.17) is 0 Å². The Kier molecular flexibility index (Phi) is 7.86. The Bertz CT molecular complexity index is 1130. The van der Waals surface area contributed by atoms with Crippen LogP contribution in [-0.2, 0) is 16.1 Å². The fourth-order valence-corrected chi connectivity index (χ4v) is 3.06. The van der Waals surface area contributed by atoms with E-state index in [9.17, 15) is 23.2 Å². The van der Waals surface area contributed by atoms with E-state index in [-0.39, 0.29) is 25.2 Å². The van der Waals surface area contributed by atoms with Crippen LogP contribution in [0.3, 0.4) is 0 Å². The first-order valence-electron chi connectivity index (χ1n) is 10.2. The summed E-state index contributed by atoms with van der Waals surface area (Å²) in [5.41, 5.74) is 2.30. The average Bonchev–Trinajstić information content (AvgIpc) is 2.80. The van der Waals surface area contributed by atoms with Gasteiger partial charge in [0.05, 0.1) is 6.54 Å². The van der Waals surface area contributed by atoms with Crippen molar-refractivity contribution in [2.24, 2.45) is 0 Å². The van der Waals surface area contributed by atoms with Gasteiger partial charge < -0.3 is 15.5 Å². The van der Waals surface area contributed by atoms with Crippen molar-refractivity contribution in [1.82, 2.24) is 10.2 Å². The molecule has 0 heterocycles. The molecule has 33 heavy (non-hydrogen) atoms. The zero-order valence-corrected chi connectivity index (χ0v) is 18.0. The Hall–Kier alpha value is -4.07. The first kappa shape index (κ1) is 23.6. The molecule has 0 aliphatic carbocycles. The van der Waals surface area contributed by atoms with E-state index < -0.39 is 29.4 Å². The van der Waals surface area contributed by atoms with Crippen LogP contribution in [0.2, 0.25) is 0 Å². The first-order chi connectivity index (χ1) is 15.8. The summed E-state index contributed by atoms with van der Waals surface area (Å²) < 4.78 is 26.8. The Balaban J connectivity index is 1.64. The lowest BCUT2D eigenvalue weighted by Crippen LogP contribution is -2.42. The van der Waals surface area contributed by atoms with Crippen LogP contribution < -0.4 is 10.6 Å². The molecule has 0 spiro atoms. The quantitative estimate of drug-likeness (QED) is 0.549. The minimum atomic E-state index is -0.584. The number of amides is 3. The number of carbonyl (C=O) groups excluding carboxylic acids is 3. The number of rotatable bonds is 8. The van der Waals surface area contributed by atoms with Gasteiger partial charge in [0.1, 0.15) is 18.2 Å². The zero-order chi connectivity index (χ0) is 23.8. The van der Waals surface area contributed by atoms with Gasteiger partial charge in [-0.05, 0) is 55.0 Å². The Morgan fingerprint density at radius 2 is 1.55 bits per heavy atom. The molecular weight excluding hydrogens is 428 g/mol. The van der Waals surface area contributed by atoms with Gasteiger partial charge in [0, 0.05) is 17.8 Å². The molecule has 170 valence electrons. The first-order valence-corrected chi connectivity index (χ1v) is 10.2. The summed E-state index contributed by atoms with van der Waals surface area (Å²) in [5.74, 6) is -2.58. The van der Waals surface area contributed by atoms with Crippen molar-refractivity contribution < 1.29 is 23.2 Å². The molecule has 0 saturated carbocycles. The Labute approximate surface area is 190 Å². The number of halogens is 2. The summed E-state index contributed by atoms with van der Waals surface area (Å²) in [5, 5.41) is 5.14. The van der Waals surface area contributed by atoms with Crippen LogP contribution in [-0.4, -0.2) is 35.7 Å². The monoisotopic (exact) mass is 451 g/mol. The Morgan fingerprint density at radius 3 is 2.21 bits per heavy atom. The summed E-state index contributed by atoms with van der Waals surface area (Å²) in [7, 11) is 0. The van der Waals surface area contributed by atoms with Crippen molar-refractivity contribution in [1.29, 1.82) is 0 Å². The fourth-order valence-electron chi connectivity index (χ4n) is 3.06. The van der Waals surface area contributed by atoms with Crippen molar-refractivity contribution in [2.75, 3.05) is 18.4 Å². The molecule has 3 aromatic rings. The average molecular weight is 451 g/mol. The highest BCUT2D eigenvalue weighted by molar-refractivity contribution is 5.98. The molecule has 0 aromatic heterocycles. The minimum absolute atomic E-state index is 0.00138. The number of nitrogens with one attached hydrogen (secondary N) is 2. The maximum Gasteiger partial charge on any atom is 0.254 e. The molecule has 0 saturated heterocycles. The topological polar surface area (TPSA) is 78.5 Å². The highest BCUT2D eigenvalue weighted by Gasteiger charge is 2.20. The molecule has 3 aromatic carbocycles. The molecule has 0 aliphatic heterocycles. The third-order valence-electron chi connectivity index (χ3n) is 4.76. The predicted octanol–water partition coefficient (Wildman–Crippen LogP) is 3.67. The van der Waals surface area contributed by atoms with Crippen LogP contribution >= 0.6 is 0 Å². The van der Waals surface area contributed by atoms with E-state index in [0.717, 1.165) is 11.6 Å².